The second kappa shape index (κ2) is 8.45. The van der Waals surface area contributed by atoms with Gasteiger partial charge in [0.1, 0.15) is 0 Å². The first-order chi connectivity index (χ1) is 15.0. The molecule has 4 aliphatic rings. The number of nitrogens with zero attached hydrogens (tertiary/aromatic N) is 1. The predicted molar refractivity (Wildman–Crippen MR) is 124 cm³/mol. The van der Waals surface area contributed by atoms with Crippen LogP contribution in [0.1, 0.15) is 56.7 Å². The van der Waals surface area contributed by atoms with Gasteiger partial charge >= 0.3 is 0 Å². The molecule has 6 rings (SSSR count). The lowest BCUT2D eigenvalue weighted by molar-refractivity contribution is -0.113. The molecule has 4 aliphatic carbocycles. The fraction of sp³-hybridized carbons (Fsp3) is 0.560. The second-order valence-corrected chi connectivity index (χ2v) is 10.9. The number of para-hydroxylation sites is 1. The molecule has 5 nitrogen and oxygen atoms in total. The molecule has 0 atom stereocenters. The van der Waals surface area contributed by atoms with Crippen LogP contribution in [0.2, 0.25) is 0 Å². The van der Waals surface area contributed by atoms with E-state index in [9.17, 15) is 9.59 Å². The zero-order valence-corrected chi connectivity index (χ0v) is 19.0. The van der Waals surface area contributed by atoms with Gasteiger partial charge in [0.15, 0.2) is 5.16 Å². The normalized spacial score (nSPS) is 28.6. The van der Waals surface area contributed by atoms with Gasteiger partial charge in [0.2, 0.25) is 5.91 Å². The van der Waals surface area contributed by atoms with Gasteiger partial charge in [-0.1, -0.05) is 36.9 Å². The number of amides is 1. The third-order valence-corrected chi connectivity index (χ3v) is 8.41. The standard InChI is InChI=1S/C25H31N3O2S/c1-2-20-21(14-25-11-16-8-17(12-25)10-18(9-16)13-25)27-24(28-23(20)30)31-15-22(29)26-19-6-4-3-5-7-19/h3-7,16-18H,2,8-15H2,1H3,(H,26,29)(H,27,28,30). The number of hydrogen-bond donors (Lipinski definition) is 2. The molecule has 1 amide bonds. The fourth-order valence-corrected chi connectivity index (χ4v) is 7.49. The van der Waals surface area contributed by atoms with Crippen molar-refractivity contribution >= 4 is 23.4 Å². The molecule has 0 aliphatic heterocycles. The Hall–Kier alpha value is -2.08. The quantitative estimate of drug-likeness (QED) is 0.481. The second-order valence-electron chi connectivity index (χ2n) is 9.95. The summed E-state index contributed by atoms with van der Waals surface area (Å²) < 4.78 is 0. The Balaban J connectivity index is 1.31. The van der Waals surface area contributed by atoms with Crippen LogP contribution >= 0.6 is 11.8 Å². The van der Waals surface area contributed by atoms with Gasteiger partial charge in [0.05, 0.1) is 11.4 Å². The Kier molecular flexibility index (Phi) is 5.67. The summed E-state index contributed by atoms with van der Waals surface area (Å²) in [4.78, 5) is 32.9. The maximum atomic E-state index is 12.8. The van der Waals surface area contributed by atoms with Gasteiger partial charge in [-0.15, -0.1) is 0 Å². The molecule has 0 saturated heterocycles. The third kappa shape index (κ3) is 4.45. The van der Waals surface area contributed by atoms with E-state index in [-0.39, 0.29) is 17.2 Å². The number of nitrogens with one attached hydrogen (secondary N) is 2. The van der Waals surface area contributed by atoms with Crippen molar-refractivity contribution in [3.63, 3.8) is 0 Å². The molecule has 1 aromatic heterocycles. The number of aromatic nitrogens is 2. The SMILES string of the molecule is CCc1c(CC23CC4CC(CC(C4)C2)C3)nc(SCC(=O)Nc2ccccc2)[nH]c1=O. The van der Waals surface area contributed by atoms with E-state index < -0.39 is 0 Å². The van der Waals surface area contributed by atoms with Crippen LogP contribution in [0.4, 0.5) is 5.69 Å². The summed E-state index contributed by atoms with van der Waals surface area (Å²) in [5.74, 6) is 2.78. The van der Waals surface area contributed by atoms with Crippen LogP contribution in [0.25, 0.3) is 0 Å². The molecule has 4 bridgehead atoms. The number of thioether (sulfide) groups is 1. The summed E-state index contributed by atoms with van der Waals surface area (Å²) in [6.07, 6.45) is 9.79. The zero-order valence-electron chi connectivity index (χ0n) is 18.2. The molecule has 164 valence electrons. The number of carbonyl (C=O) groups is 1. The molecule has 0 spiro atoms. The lowest BCUT2D eigenvalue weighted by Gasteiger charge is -2.57. The summed E-state index contributed by atoms with van der Waals surface area (Å²) in [7, 11) is 0. The molecule has 2 N–H and O–H groups in total. The third-order valence-electron chi connectivity index (χ3n) is 7.54. The highest BCUT2D eigenvalue weighted by Gasteiger charge is 2.51. The highest BCUT2D eigenvalue weighted by Crippen LogP contribution is 2.61. The highest BCUT2D eigenvalue weighted by atomic mass is 32.2. The number of anilines is 1. The van der Waals surface area contributed by atoms with Crippen LogP contribution in [0.3, 0.4) is 0 Å². The summed E-state index contributed by atoms with van der Waals surface area (Å²) >= 11 is 1.31. The van der Waals surface area contributed by atoms with Crippen LogP contribution in [0.5, 0.6) is 0 Å². The first-order valence-electron chi connectivity index (χ1n) is 11.6. The molecule has 0 unspecified atom stereocenters. The number of aromatic amines is 1. The Labute approximate surface area is 187 Å². The van der Waals surface area contributed by atoms with Gasteiger partial charge in [-0.3, -0.25) is 9.59 Å². The van der Waals surface area contributed by atoms with Crippen molar-refractivity contribution in [2.24, 2.45) is 23.2 Å². The summed E-state index contributed by atoms with van der Waals surface area (Å²) in [6.45, 7) is 2.04. The zero-order chi connectivity index (χ0) is 21.4. The molecule has 0 radical (unpaired) electrons. The minimum atomic E-state index is -0.0962. The van der Waals surface area contributed by atoms with Gasteiger partial charge in [-0.2, -0.15) is 0 Å². The maximum Gasteiger partial charge on any atom is 0.254 e. The number of H-pyrrole nitrogens is 1. The van der Waals surface area contributed by atoms with Crippen LogP contribution in [-0.2, 0) is 17.6 Å². The molecule has 6 heteroatoms. The van der Waals surface area contributed by atoms with E-state index in [4.69, 9.17) is 4.98 Å². The largest absolute Gasteiger partial charge is 0.325 e. The Bertz CT molecular complexity index is 982. The van der Waals surface area contributed by atoms with Crippen molar-refractivity contribution in [1.82, 2.24) is 9.97 Å². The van der Waals surface area contributed by atoms with Crippen LogP contribution in [0, 0.1) is 23.2 Å². The van der Waals surface area contributed by atoms with Crippen molar-refractivity contribution in [3.8, 4) is 0 Å². The first-order valence-corrected chi connectivity index (χ1v) is 12.6. The molecular weight excluding hydrogens is 406 g/mol. The van der Waals surface area contributed by atoms with Crippen molar-refractivity contribution in [3.05, 3.63) is 51.9 Å². The van der Waals surface area contributed by atoms with E-state index in [1.54, 1.807) is 0 Å². The average Bonchev–Trinajstić information content (AvgIpc) is 2.71. The van der Waals surface area contributed by atoms with Crippen molar-refractivity contribution in [1.29, 1.82) is 0 Å². The summed E-state index contributed by atoms with van der Waals surface area (Å²) in [5.41, 5.74) is 2.88. The molecule has 4 saturated carbocycles. The Morgan fingerprint density at radius 3 is 2.39 bits per heavy atom. The Morgan fingerprint density at radius 2 is 1.77 bits per heavy atom. The number of rotatable bonds is 7. The molecular formula is C25H31N3O2S. The number of carbonyl (C=O) groups excluding carboxylic acids is 1. The average molecular weight is 438 g/mol. The van der Waals surface area contributed by atoms with E-state index in [0.717, 1.165) is 41.1 Å². The van der Waals surface area contributed by atoms with E-state index >= 15 is 0 Å². The molecule has 2 aromatic rings. The minimum absolute atomic E-state index is 0.0387. The molecule has 1 aromatic carbocycles. The van der Waals surface area contributed by atoms with E-state index in [1.807, 2.05) is 37.3 Å². The van der Waals surface area contributed by atoms with Gasteiger partial charge in [-0.25, -0.2) is 4.98 Å². The highest BCUT2D eigenvalue weighted by molar-refractivity contribution is 7.99. The smallest absolute Gasteiger partial charge is 0.254 e. The minimum Gasteiger partial charge on any atom is -0.325 e. The maximum absolute atomic E-state index is 12.8. The Morgan fingerprint density at radius 1 is 1.13 bits per heavy atom. The fourth-order valence-electron chi connectivity index (χ4n) is 6.82. The van der Waals surface area contributed by atoms with E-state index in [2.05, 4.69) is 10.3 Å². The van der Waals surface area contributed by atoms with Gasteiger partial charge in [0, 0.05) is 11.3 Å². The van der Waals surface area contributed by atoms with Crippen molar-refractivity contribution < 1.29 is 4.79 Å². The number of hydrogen-bond acceptors (Lipinski definition) is 4. The summed E-state index contributed by atoms with van der Waals surface area (Å²) in [6, 6.07) is 9.42. The molecule has 4 fully saturated rings. The van der Waals surface area contributed by atoms with Gasteiger partial charge < -0.3 is 10.3 Å². The topological polar surface area (TPSA) is 74.8 Å². The van der Waals surface area contributed by atoms with Gasteiger partial charge in [0.25, 0.3) is 5.56 Å². The van der Waals surface area contributed by atoms with E-state index in [1.165, 1.54) is 50.3 Å². The number of benzene rings is 1. The van der Waals surface area contributed by atoms with Crippen LogP contribution < -0.4 is 10.9 Å². The summed E-state index contributed by atoms with van der Waals surface area (Å²) in [5, 5.41) is 3.45. The van der Waals surface area contributed by atoms with E-state index in [0.29, 0.717) is 17.0 Å². The van der Waals surface area contributed by atoms with Crippen LogP contribution in [0.15, 0.2) is 40.3 Å². The monoisotopic (exact) mass is 437 g/mol. The molecule has 1 heterocycles. The van der Waals surface area contributed by atoms with Crippen molar-refractivity contribution in [2.45, 2.75) is 63.4 Å². The lowest BCUT2D eigenvalue weighted by atomic mass is 9.48. The van der Waals surface area contributed by atoms with Crippen molar-refractivity contribution in [2.75, 3.05) is 11.1 Å². The van der Waals surface area contributed by atoms with Crippen LogP contribution in [-0.4, -0.2) is 21.6 Å². The molecule has 31 heavy (non-hydrogen) atoms. The predicted octanol–water partition coefficient (Wildman–Crippen LogP) is 4.82. The first kappa shape index (κ1) is 20.8. The lowest BCUT2D eigenvalue weighted by Crippen LogP contribution is -2.47. The van der Waals surface area contributed by atoms with Gasteiger partial charge in [-0.05, 0) is 86.7 Å².